The third-order valence-electron chi connectivity index (χ3n) is 3.68. The van der Waals surface area contributed by atoms with Gasteiger partial charge in [0, 0.05) is 11.9 Å². The maximum Gasteiger partial charge on any atom is 0.324 e. The minimum absolute atomic E-state index is 0.121. The van der Waals surface area contributed by atoms with Crippen LogP contribution in [0.1, 0.15) is 12.0 Å². The van der Waals surface area contributed by atoms with Crippen molar-refractivity contribution in [3.05, 3.63) is 53.2 Å². The van der Waals surface area contributed by atoms with Crippen LogP contribution in [0.25, 0.3) is 0 Å². The molecule has 0 bridgehead atoms. The van der Waals surface area contributed by atoms with E-state index in [9.17, 15) is 4.79 Å². The van der Waals surface area contributed by atoms with Gasteiger partial charge < -0.3 is 15.8 Å². The number of benzene rings is 1. The summed E-state index contributed by atoms with van der Waals surface area (Å²) >= 11 is 5.76. The minimum atomic E-state index is -0.365. The van der Waals surface area contributed by atoms with Crippen molar-refractivity contribution < 1.29 is 9.53 Å². The lowest BCUT2D eigenvalue weighted by Crippen LogP contribution is -2.20. The van der Waals surface area contributed by atoms with Gasteiger partial charge in [-0.3, -0.25) is 5.32 Å². The molecular weight excluding hydrogens is 342 g/mol. The van der Waals surface area contributed by atoms with Crippen LogP contribution in [0.3, 0.4) is 0 Å². The van der Waals surface area contributed by atoms with Crippen LogP contribution in [0.5, 0.6) is 0 Å². The molecule has 1 atom stereocenters. The van der Waals surface area contributed by atoms with Gasteiger partial charge in [-0.15, -0.1) is 0 Å². The summed E-state index contributed by atoms with van der Waals surface area (Å²) in [5.41, 5.74) is 7.35. The van der Waals surface area contributed by atoms with E-state index >= 15 is 0 Å². The first kappa shape index (κ1) is 17.0. The molecule has 1 aliphatic heterocycles. The number of pyridine rings is 1. The first-order valence-corrected chi connectivity index (χ1v) is 8.21. The van der Waals surface area contributed by atoms with Crippen molar-refractivity contribution in [2.24, 2.45) is 10.7 Å². The van der Waals surface area contributed by atoms with Crippen molar-refractivity contribution >= 4 is 35.2 Å². The Morgan fingerprint density at radius 1 is 1.24 bits per heavy atom. The van der Waals surface area contributed by atoms with Gasteiger partial charge in [0.05, 0.1) is 11.1 Å². The van der Waals surface area contributed by atoms with E-state index in [0.29, 0.717) is 23.1 Å². The predicted molar refractivity (Wildman–Crippen MR) is 98.0 cm³/mol. The number of ether oxygens (including phenoxy) is 1. The zero-order chi connectivity index (χ0) is 17.6. The van der Waals surface area contributed by atoms with E-state index in [1.54, 1.807) is 12.1 Å². The smallest absolute Gasteiger partial charge is 0.324 e. The number of amides is 2. The molecule has 0 radical (unpaired) electrons. The zero-order valence-electron chi connectivity index (χ0n) is 13.4. The van der Waals surface area contributed by atoms with Crippen molar-refractivity contribution in [2.45, 2.75) is 18.9 Å². The van der Waals surface area contributed by atoms with Crippen molar-refractivity contribution in [1.82, 2.24) is 4.98 Å². The number of hydrogen-bond donors (Lipinski definition) is 3. The molecule has 0 unspecified atom stereocenters. The molecule has 0 fully saturated rings. The number of rotatable bonds is 5. The second kappa shape index (κ2) is 7.85. The van der Waals surface area contributed by atoms with Gasteiger partial charge in [-0.05, 0) is 42.7 Å². The first-order chi connectivity index (χ1) is 12.1. The van der Waals surface area contributed by atoms with Crippen LogP contribution in [0.15, 0.2) is 47.6 Å². The quantitative estimate of drug-likeness (QED) is 0.763. The van der Waals surface area contributed by atoms with Crippen LogP contribution in [-0.2, 0) is 11.2 Å². The molecule has 4 N–H and O–H groups in total. The van der Waals surface area contributed by atoms with Crippen LogP contribution in [-0.4, -0.2) is 29.7 Å². The molecule has 0 saturated heterocycles. The Kier molecular flexibility index (Phi) is 5.35. The van der Waals surface area contributed by atoms with E-state index in [4.69, 9.17) is 22.1 Å². The van der Waals surface area contributed by atoms with Crippen molar-refractivity contribution in [3.8, 4) is 0 Å². The second-order valence-electron chi connectivity index (χ2n) is 5.61. The number of amidine groups is 1. The van der Waals surface area contributed by atoms with E-state index in [1.807, 2.05) is 24.3 Å². The first-order valence-electron chi connectivity index (χ1n) is 7.83. The van der Waals surface area contributed by atoms with Crippen LogP contribution < -0.4 is 16.4 Å². The molecule has 2 amide bonds. The molecule has 1 aliphatic rings. The van der Waals surface area contributed by atoms with E-state index in [1.165, 1.54) is 6.20 Å². The lowest BCUT2D eigenvalue weighted by molar-refractivity contribution is 0.262. The van der Waals surface area contributed by atoms with E-state index < -0.39 is 0 Å². The molecule has 0 saturated carbocycles. The lowest BCUT2D eigenvalue weighted by Gasteiger charge is -2.09. The maximum atomic E-state index is 11.9. The molecular formula is C17H18ClN5O2. The summed E-state index contributed by atoms with van der Waals surface area (Å²) in [6.45, 7) is 0.546. The van der Waals surface area contributed by atoms with Crippen molar-refractivity contribution in [1.29, 1.82) is 0 Å². The number of nitrogens with two attached hydrogens (primary N) is 1. The fraction of sp³-hybridized carbons (Fsp3) is 0.235. The fourth-order valence-corrected chi connectivity index (χ4v) is 2.51. The van der Waals surface area contributed by atoms with Crippen LogP contribution in [0.2, 0.25) is 5.02 Å². The van der Waals surface area contributed by atoms with Gasteiger partial charge in [-0.1, -0.05) is 23.7 Å². The van der Waals surface area contributed by atoms with Gasteiger partial charge in [0.15, 0.2) is 0 Å². The van der Waals surface area contributed by atoms with E-state index in [0.717, 1.165) is 18.4 Å². The van der Waals surface area contributed by atoms with E-state index in [2.05, 4.69) is 20.6 Å². The molecule has 2 aromatic rings. The highest BCUT2D eigenvalue weighted by atomic mass is 35.5. The number of aryl methyl sites for hydroxylation is 1. The molecule has 7 nitrogen and oxygen atoms in total. The van der Waals surface area contributed by atoms with Gasteiger partial charge in [-0.25, -0.2) is 14.8 Å². The Hall–Kier alpha value is -2.80. The highest BCUT2D eigenvalue weighted by molar-refractivity contribution is 6.30. The number of anilines is 2. The number of carbonyl (C=O) groups excluding carboxylic acids is 1. The van der Waals surface area contributed by atoms with Crippen LogP contribution in [0, 0.1) is 0 Å². The summed E-state index contributed by atoms with van der Waals surface area (Å²) in [5.74, 6) is 0.428. The van der Waals surface area contributed by atoms with Crippen LogP contribution in [0.4, 0.5) is 16.3 Å². The molecule has 0 spiro atoms. The number of urea groups is 1. The minimum Gasteiger partial charge on any atom is -0.463 e. The highest BCUT2D eigenvalue weighted by Gasteiger charge is 2.16. The predicted octanol–water partition coefficient (Wildman–Crippen LogP) is 3.03. The number of carbonyl (C=O) groups is 1. The Morgan fingerprint density at radius 2 is 2.04 bits per heavy atom. The van der Waals surface area contributed by atoms with Gasteiger partial charge >= 0.3 is 6.03 Å². The Labute approximate surface area is 150 Å². The third kappa shape index (κ3) is 5.09. The Balaban J connectivity index is 1.48. The molecule has 1 aromatic heterocycles. The molecule has 1 aromatic carbocycles. The van der Waals surface area contributed by atoms with Crippen molar-refractivity contribution in [2.75, 3.05) is 17.2 Å². The van der Waals surface area contributed by atoms with Gasteiger partial charge in [-0.2, -0.15) is 0 Å². The molecule has 2 heterocycles. The number of aromatic nitrogens is 1. The molecule has 3 rings (SSSR count). The third-order valence-corrected chi connectivity index (χ3v) is 3.90. The summed E-state index contributed by atoms with van der Waals surface area (Å²) in [7, 11) is 0. The monoisotopic (exact) mass is 359 g/mol. The van der Waals surface area contributed by atoms with Gasteiger partial charge in [0.2, 0.25) is 0 Å². The molecule has 25 heavy (non-hydrogen) atoms. The number of nitrogens with zero attached hydrogens (tertiary/aromatic N) is 2. The molecule has 130 valence electrons. The average Bonchev–Trinajstić information content (AvgIpc) is 3.02. The topological polar surface area (TPSA) is 102 Å². The maximum absolute atomic E-state index is 11.9. The second-order valence-corrected chi connectivity index (χ2v) is 6.04. The average molecular weight is 360 g/mol. The van der Waals surface area contributed by atoms with E-state index in [-0.39, 0.29) is 18.1 Å². The molecule has 8 heteroatoms. The number of halogens is 1. The van der Waals surface area contributed by atoms with Gasteiger partial charge in [0.25, 0.3) is 6.02 Å². The Morgan fingerprint density at radius 3 is 2.68 bits per heavy atom. The number of nitrogens with one attached hydrogen (secondary N) is 2. The summed E-state index contributed by atoms with van der Waals surface area (Å²) in [6.07, 6.45) is 3.21. The summed E-state index contributed by atoms with van der Waals surface area (Å²) in [5, 5.41) is 5.91. The summed E-state index contributed by atoms with van der Waals surface area (Å²) in [4.78, 5) is 20.2. The Bertz CT molecular complexity index is 762. The standard InChI is InChI=1S/C17H18ClN5O2/c18-12-4-8-15(20-9-12)23-17(24)22-13-5-1-11(2-6-13)3-7-14-10-25-16(19)21-14/h1-2,4-6,8-9,14H,3,7,10H2,(H2,19,21)(H2,20,22,23,24)/t14-/m0/s1. The fourth-order valence-electron chi connectivity index (χ4n) is 2.40. The highest BCUT2D eigenvalue weighted by Crippen LogP contribution is 2.15. The summed E-state index contributed by atoms with van der Waals surface area (Å²) in [6, 6.07) is 11.0. The lowest BCUT2D eigenvalue weighted by atomic mass is 10.1. The van der Waals surface area contributed by atoms with Crippen molar-refractivity contribution in [3.63, 3.8) is 0 Å². The van der Waals surface area contributed by atoms with Crippen LogP contribution >= 0.6 is 11.6 Å². The zero-order valence-corrected chi connectivity index (χ0v) is 14.2. The van der Waals surface area contributed by atoms with Gasteiger partial charge in [0.1, 0.15) is 12.4 Å². The summed E-state index contributed by atoms with van der Waals surface area (Å²) < 4.78 is 5.13. The largest absolute Gasteiger partial charge is 0.463 e. The molecule has 0 aliphatic carbocycles. The number of hydrogen-bond acceptors (Lipinski definition) is 5. The SMILES string of the molecule is NC1=N[C@@H](CCc2ccc(NC(=O)Nc3ccc(Cl)cn3)cc2)CO1. The number of aliphatic imine (C=N–C) groups is 1. The normalized spacial score (nSPS) is 16.0.